The summed E-state index contributed by atoms with van der Waals surface area (Å²) < 4.78 is 0. The summed E-state index contributed by atoms with van der Waals surface area (Å²) in [4.78, 5) is 26.1. The molecule has 2 rings (SSSR count). The normalized spacial score (nSPS) is 14.4. The number of amides is 2. The maximum absolute atomic E-state index is 12.3. The Bertz CT molecular complexity index is 543. The van der Waals surface area contributed by atoms with Crippen LogP contribution < -0.4 is 5.32 Å². The van der Waals surface area contributed by atoms with Gasteiger partial charge in [0.25, 0.3) is 0 Å². The van der Waals surface area contributed by atoms with E-state index in [2.05, 4.69) is 12.2 Å². The van der Waals surface area contributed by atoms with Gasteiger partial charge in [0.05, 0.1) is 6.42 Å². The molecule has 0 atom stereocenters. The zero-order valence-corrected chi connectivity index (χ0v) is 16.6. The largest absolute Gasteiger partial charge is 0.341 e. The average Bonchev–Trinajstić information content (AvgIpc) is 2.64. The van der Waals surface area contributed by atoms with Gasteiger partial charge >= 0.3 is 0 Å². The molecule has 1 aliphatic rings. The van der Waals surface area contributed by atoms with Crippen molar-refractivity contribution in [2.45, 2.75) is 32.6 Å². The lowest BCUT2D eigenvalue weighted by Crippen LogP contribution is -2.38. The van der Waals surface area contributed by atoms with Gasteiger partial charge in [-0.1, -0.05) is 25.5 Å². The molecule has 6 heteroatoms. The van der Waals surface area contributed by atoms with E-state index in [1.807, 2.05) is 52.7 Å². The number of nitrogens with one attached hydrogen (secondary N) is 1. The highest BCUT2D eigenvalue weighted by molar-refractivity contribution is 7.99. The number of carbonyl (C=O) groups excluding carboxylic acids is 2. The van der Waals surface area contributed by atoms with Crippen molar-refractivity contribution in [1.29, 1.82) is 0 Å². The van der Waals surface area contributed by atoms with E-state index in [9.17, 15) is 9.59 Å². The number of rotatable bonds is 9. The van der Waals surface area contributed by atoms with Crippen LogP contribution in [0.25, 0.3) is 0 Å². The Kier molecular flexibility index (Phi) is 9.26. The number of hydrogen-bond donors (Lipinski definition) is 1. The summed E-state index contributed by atoms with van der Waals surface area (Å²) in [6.45, 7) is 3.89. The molecule has 1 aromatic carbocycles. The first-order chi connectivity index (χ1) is 12.2. The number of anilines is 1. The number of nitrogens with zero attached hydrogens (tertiary/aromatic N) is 1. The van der Waals surface area contributed by atoms with E-state index >= 15 is 0 Å². The highest BCUT2D eigenvalue weighted by atomic mass is 32.2. The fourth-order valence-electron chi connectivity index (χ4n) is 2.54. The molecule has 1 aromatic rings. The smallest absolute Gasteiger partial charge is 0.227 e. The molecular weight excluding hydrogens is 352 g/mol. The maximum Gasteiger partial charge on any atom is 0.227 e. The Morgan fingerprint density at radius 1 is 1.16 bits per heavy atom. The molecule has 0 radical (unpaired) electrons. The van der Waals surface area contributed by atoms with Crippen LogP contribution in [0, 0.1) is 0 Å². The van der Waals surface area contributed by atoms with Gasteiger partial charge in [0.1, 0.15) is 0 Å². The average molecular weight is 381 g/mol. The highest BCUT2D eigenvalue weighted by Gasteiger charge is 2.16. The fourth-order valence-corrected chi connectivity index (χ4v) is 4.47. The predicted molar refractivity (Wildman–Crippen MR) is 110 cm³/mol. The molecule has 0 aliphatic carbocycles. The monoisotopic (exact) mass is 380 g/mol. The maximum atomic E-state index is 12.3. The second-order valence-electron chi connectivity index (χ2n) is 6.13. The van der Waals surface area contributed by atoms with Crippen LogP contribution in [0.2, 0.25) is 0 Å². The minimum Gasteiger partial charge on any atom is -0.341 e. The van der Waals surface area contributed by atoms with E-state index in [1.54, 1.807) is 0 Å². The first kappa shape index (κ1) is 20.2. The lowest BCUT2D eigenvalue weighted by molar-refractivity contribution is -0.130. The second kappa shape index (κ2) is 11.5. The van der Waals surface area contributed by atoms with Gasteiger partial charge in [-0.2, -0.15) is 23.5 Å². The number of hydrogen-bond acceptors (Lipinski definition) is 4. The van der Waals surface area contributed by atoms with Gasteiger partial charge in [0.15, 0.2) is 0 Å². The standard InChI is InChI=1S/C19H28N2O2S2/c1-2-3-11-24-12-8-18(22)20-17-6-4-16(5-7-17)15-19(23)21-9-13-25-14-10-21/h4-7H,2-3,8-15H2,1H3,(H,20,22). The van der Waals surface area contributed by atoms with Crippen molar-refractivity contribution >= 4 is 41.0 Å². The van der Waals surface area contributed by atoms with Crippen molar-refractivity contribution in [2.75, 3.05) is 41.4 Å². The van der Waals surface area contributed by atoms with Gasteiger partial charge in [0, 0.05) is 42.5 Å². The summed E-state index contributed by atoms with van der Waals surface area (Å²) in [6, 6.07) is 7.64. The lowest BCUT2D eigenvalue weighted by atomic mass is 10.1. The minimum absolute atomic E-state index is 0.0543. The number of benzene rings is 1. The number of carbonyl (C=O) groups is 2. The first-order valence-electron chi connectivity index (χ1n) is 9.01. The summed E-state index contributed by atoms with van der Waals surface area (Å²) in [6.07, 6.45) is 3.39. The molecule has 0 bridgehead atoms. The summed E-state index contributed by atoms with van der Waals surface area (Å²) in [5.41, 5.74) is 1.80. The van der Waals surface area contributed by atoms with Gasteiger partial charge in [-0.3, -0.25) is 9.59 Å². The van der Waals surface area contributed by atoms with Crippen LogP contribution in [0.4, 0.5) is 5.69 Å². The molecule has 1 fully saturated rings. The topological polar surface area (TPSA) is 49.4 Å². The van der Waals surface area contributed by atoms with Crippen molar-refractivity contribution in [3.63, 3.8) is 0 Å². The molecular formula is C19H28N2O2S2. The summed E-state index contributed by atoms with van der Waals surface area (Å²) in [7, 11) is 0. The van der Waals surface area contributed by atoms with E-state index in [-0.39, 0.29) is 11.8 Å². The molecule has 0 aromatic heterocycles. The summed E-state index contributed by atoms with van der Waals surface area (Å²) in [5.74, 6) is 4.31. The molecule has 1 N–H and O–H groups in total. The van der Waals surface area contributed by atoms with Gasteiger partial charge in [-0.15, -0.1) is 0 Å². The highest BCUT2D eigenvalue weighted by Crippen LogP contribution is 2.14. The molecule has 2 amide bonds. The molecule has 25 heavy (non-hydrogen) atoms. The van der Waals surface area contributed by atoms with E-state index in [0.29, 0.717) is 12.8 Å². The van der Waals surface area contributed by atoms with Crippen LogP contribution in [0.1, 0.15) is 31.7 Å². The van der Waals surface area contributed by atoms with Crippen molar-refractivity contribution in [3.05, 3.63) is 29.8 Å². The Balaban J connectivity index is 1.71. The number of unbranched alkanes of at least 4 members (excludes halogenated alkanes) is 1. The molecule has 1 saturated heterocycles. The second-order valence-corrected chi connectivity index (χ2v) is 8.58. The summed E-state index contributed by atoms with van der Waals surface area (Å²) in [5, 5.41) is 2.93. The molecule has 0 unspecified atom stereocenters. The predicted octanol–water partition coefficient (Wildman–Crippen LogP) is 3.67. The van der Waals surface area contributed by atoms with Crippen LogP contribution in [0.3, 0.4) is 0 Å². The molecule has 138 valence electrons. The molecule has 1 heterocycles. The van der Waals surface area contributed by atoms with Gasteiger partial charge < -0.3 is 10.2 Å². The summed E-state index contributed by atoms with van der Waals surface area (Å²) >= 11 is 3.74. The Morgan fingerprint density at radius 2 is 1.88 bits per heavy atom. The first-order valence-corrected chi connectivity index (χ1v) is 11.3. The Labute approximate surface area is 159 Å². The van der Waals surface area contributed by atoms with Gasteiger partial charge in [0.2, 0.25) is 11.8 Å². The fraction of sp³-hybridized carbons (Fsp3) is 0.579. The SMILES string of the molecule is CCCCSCCC(=O)Nc1ccc(CC(=O)N2CCSCC2)cc1. The van der Waals surface area contributed by atoms with E-state index in [4.69, 9.17) is 0 Å². The van der Waals surface area contributed by atoms with Crippen LogP contribution in [-0.4, -0.2) is 52.8 Å². The molecule has 4 nitrogen and oxygen atoms in total. The zero-order valence-electron chi connectivity index (χ0n) is 15.0. The van der Waals surface area contributed by atoms with Gasteiger partial charge in [-0.05, 0) is 29.9 Å². The Morgan fingerprint density at radius 3 is 2.56 bits per heavy atom. The number of thioether (sulfide) groups is 2. The van der Waals surface area contributed by atoms with Crippen molar-refractivity contribution < 1.29 is 9.59 Å². The van der Waals surface area contributed by atoms with Crippen molar-refractivity contribution in [3.8, 4) is 0 Å². The van der Waals surface area contributed by atoms with Crippen molar-refractivity contribution in [2.24, 2.45) is 0 Å². The van der Waals surface area contributed by atoms with Crippen LogP contribution in [-0.2, 0) is 16.0 Å². The van der Waals surface area contributed by atoms with E-state index in [1.165, 1.54) is 12.8 Å². The third-order valence-corrected chi connectivity index (χ3v) is 6.09. The van der Waals surface area contributed by atoms with E-state index < -0.39 is 0 Å². The zero-order chi connectivity index (χ0) is 17.9. The molecule has 0 spiro atoms. The van der Waals surface area contributed by atoms with Crippen LogP contribution >= 0.6 is 23.5 Å². The molecule has 1 aliphatic heterocycles. The molecule has 0 saturated carbocycles. The van der Waals surface area contributed by atoms with Gasteiger partial charge in [-0.25, -0.2) is 0 Å². The quantitative estimate of drug-likeness (QED) is 0.664. The lowest BCUT2D eigenvalue weighted by Gasteiger charge is -2.26. The Hall–Kier alpha value is -1.14. The van der Waals surface area contributed by atoms with Crippen LogP contribution in [0.5, 0.6) is 0 Å². The van der Waals surface area contributed by atoms with Crippen molar-refractivity contribution in [1.82, 2.24) is 4.90 Å². The third kappa shape index (κ3) is 7.74. The third-order valence-electron chi connectivity index (χ3n) is 4.07. The van der Waals surface area contributed by atoms with Crippen LogP contribution in [0.15, 0.2) is 24.3 Å². The van der Waals surface area contributed by atoms with E-state index in [0.717, 1.165) is 47.4 Å². The minimum atomic E-state index is 0.0543.